The van der Waals surface area contributed by atoms with Gasteiger partial charge in [-0.2, -0.15) is 0 Å². The van der Waals surface area contributed by atoms with Crippen LogP contribution in [0.25, 0.3) is 88.1 Å². The third-order valence-electron chi connectivity index (χ3n) is 11.6. The zero-order valence-electron chi connectivity index (χ0n) is 28.8. The molecule has 11 aromatic rings. The Balaban J connectivity index is 1.10. The van der Waals surface area contributed by atoms with Crippen molar-refractivity contribution in [2.45, 2.75) is 0 Å². The molecule has 0 amide bonds. The summed E-state index contributed by atoms with van der Waals surface area (Å²) >= 11 is 0. The highest BCUT2D eigenvalue weighted by Crippen LogP contribution is 2.45. The van der Waals surface area contributed by atoms with Crippen LogP contribution in [0.15, 0.2) is 168 Å². The van der Waals surface area contributed by atoms with Gasteiger partial charge in [0.05, 0.1) is 38.8 Å². The molecule has 2 aliphatic rings. The standard InChI is InChI=1S/C48H27BN2O3/c1-6-18-37-29(12-1)30-13-2-7-19-38(30)51(37)41-21-11-17-36-48(41)53-44-27-28(26-35-32-15-5-10-23-43(32)54-49(36)46(35)44)50-39-20-8-3-16-34(39)45-40(50)25-24-33-31-14-4-9-22-42(31)52-47(33)45/h1-27H. The van der Waals surface area contributed by atoms with Gasteiger partial charge in [-0.25, -0.2) is 0 Å². The quantitative estimate of drug-likeness (QED) is 0.170. The van der Waals surface area contributed by atoms with E-state index in [1.54, 1.807) is 0 Å². The highest BCUT2D eigenvalue weighted by molar-refractivity contribution is 6.84. The Morgan fingerprint density at radius 2 is 1.15 bits per heavy atom. The average Bonchev–Trinajstić information content (AvgIpc) is 3.88. The summed E-state index contributed by atoms with van der Waals surface area (Å²) in [5.74, 6) is 2.45. The van der Waals surface area contributed by atoms with Crippen LogP contribution in [0, 0.1) is 0 Å². The first-order chi connectivity index (χ1) is 26.8. The van der Waals surface area contributed by atoms with Crippen molar-refractivity contribution in [2.75, 3.05) is 0 Å². The Morgan fingerprint density at radius 1 is 0.463 bits per heavy atom. The number of nitrogens with zero attached hydrogens (tertiary/aromatic N) is 2. The molecule has 0 spiro atoms. The van der Waals surface area contributed by atoms with Gasteiger partial charge in [0.25, 0.3) is 0 Å². The highest BCUT2D eigenvalue weighted by Gasteiger charge is 2.42. The third kappa shape index (κ3) is 3.59. The topological polar surface area (TPSA) is 41.5 Å². The van der Waals surface area contributed by atoms with Gasteiger partial charge < -0.3 is 22.9 Å². The lowest BCUT2D eigenvalue weighted by molar-refractivity contribution is 0.477. The van der Waals surface area contributed by atoms with E-state index in [2.05, 4.69) is 161 Å². The molecule has 3 aromatic heterocycles. The number of furan rings is 1. The number of fused-ring (bicyclic) bond motifs is 14. The molecule has 5 nitrogen and oxygen atoms in total. The van der Waals surface area contributed by atoms with Crippen molar-refractivity contribution in [3.8, 4) is 39.8 Å². The lowest BCUT2D eigenvalue weighted by atomic mass is 9.50. The summed E-state index contributed by atoms with van der Waals surface area (Å²) in [6.07, 6.45) is 0. The van der Waals surface area contributed by atoms with Gasteiger partial charge in [-0.15, -0.1) is 0 Å². The summed E-state index contributed by atoms with van der Waals surface area (Å²) in [4.78, 5) is 0. The minimum Gasteiger partial charge on any atom is -0.551 e. The molecule has 8 aromatic carbocycles. The molecule has 0 saturated carbocycles. The van der Waals surface area contributed by atoms with E-state index in [4.69, 9.17) is 13.8 Å². The lowest BCUT2D eigenvalue weighted by Crippen LogP contribution is -2.53. The second kappa shape index (κ2) is 10.2. The lowest BCUT2D eigenvalue weighted by Gasteiger charge is -2.34. The average molecular weight is 691 g/mol. The number of hydrogen-bond donors (Lipinski definition) is 0. The molecular formula is C48H27BN2O3. The molecule has 0 saturated heterocycles. The van der Waals surface area contributed by atoms with Crippen molar-refractivity contribution < 1.29 is 13.8 Å². The Hall–Kier alpha value is -7.18. The van der Waals surface area contributed by atoms with Crippen molar-refractivity contribution in [3.63, 3.8) is 0 Å². The van der Waals surface area contributed by atoms with Crippen LogP contribution in [-0.4, -0.2) is 16.0 Å². The molecule has 13 rings (SSSR count). The Bertz CT molecular complexity index is 3370. The highest BCUT2D eigenvalue weighted by atomic mass is 16.5. The van der Waals surface area contributed by atoms with Gasteiger partial charge in [-0.1, -0.05) is 103 Å². The van der Waals surface area contributed by atoms with Crippen LogP contribution in [0.5, 0.6) is 17.2 Å². The molecular weight excluding hydrogens is 663 g/mol. The van der Waals surface area contributed by atoms with Gasteiger partial charge in [0, 0.05) is 49.5 Å². The van der Waals surface area contributed by atoms with Crippen molar-refractivity contribution in [3.05, 3.63) is 164 Å². The first-order valence-electron chi connectivity index (χ1n) is 18.4. The second-order valence-electron chi connectivity index (χ2n) is 14.4. The molecule has 54 heavy (non-hydrogen) atoms. The zero-order valence-corrected chi connectivity index (χ0v) is 28.8. The Kier molecular flexibility index (Phi) is 5.39. The number of benzene rings is 8. The number of hydrogen-bond acceptors (Lipinski definition) is 3. The number of ether oxygens (including phenoxy) is 1. The van der Waals surface area contributed by atoms with E-state index >= 15 is 0 Å². The molecule has 6 heteroatoms. The van der Waals surface area contributed by atoms with Crippen LogP contribution in [0.3, 0.4) is 0 Å². The monoisotopic (exact) mass is 690 g/mol. The molecule has 250 valence electrons. The predicted molar refractivity (Wildman–Crippen MR) is 220 cm³/mol. The fourth-order valence-electron chi connectivity index (χ4n) is 9.36. The fourth-order valence-corrected chi connectivity index (χ4v) is 9.36. The van der Waals surface area contributed by atoms with Crippen LogP contribution in [0.1, 0.15) is 0 Å². The first kappa shape index (κ1) is 28.4. The SMILES string of the molecule is c1ccc2c(c1)OB1c3cccc(-n4c5ccccc5c5ccccc54)c3Oc3cc(-n4c5ccccc5c5c6oc7ccccc7c6ccc54)cc-2c31. The van der Waals surface area contributed by atoms with Gasteiger partial charge in [-0.3, -0.25) is 0 Å². The maximum atomic E-state index is 7.23. The molecule has 5 heterocycles. The van der Waals surface area contributed by atoms with E-state index < -0.39 is 0 Å². The van der Waals surface area contributed by atoms with Gasteiger partial charge in [-0.05, 0) is 60.2 Å². The van der Waals surface area contributed by atoms with E-state index in [0.717, 1.165) is 105 Å². The maximum absolute atomic E-state index is 7.23. The van der Waals surface area contributed by atoms with E-state index in [1.807, 2.05) is 12.1 Å². The molecule has 0 aliphatic carbocycles. The number of aromatic nitrogens is 2. The van der Waals surface area contributed by atoms with E-state index in [-0.39, 0.29) is 6.92 Å². The fraction of sp³-hybridized carbons (Fsp3) is 0. The minimum atomic E-state index is -0.343. The van der Waals surface area contributed by atoms with E-state index in [1.165, 1.54) is 10.8 Å². The van der Waals surface area contributed by atoms with E-state index in [9.17, 15) is 0 Å². The second-order valence-corrected chi connectivity index (χ2v) is 14.4. The summed E-state index contributed by atoms with van der Waals surface area (Å²) in [6.45, 7) is -0.343. The van der Waals surface area contributed by atoms with Gasteiger partial charge in [0.15, 0.2) is 0 Å². The Labute approximate surface area is 308 Å². The van der Waals surface area contributed by atoms with E-state index in [0.29, 0.717) is 0 Å². The molecule has 0 unspecified atom stereocenters. The zero-order chi connectivity index (χ0) is 35.1. The molecule has 0 fully saturated rings. The van der Waals surface area contributed by atoms with Gasteiger partial charge >= 0.3 is 6.92 Å². The van der Waals surface area contributed by atoms with Crippen molar-refractivity contribution in [2.24, 2.45) is 0 Å². The summed E-state index contributed by atoms with van der Waals surface area (Å²) in [5, 5.41) is 6.90. The first-order valence-corrected chi connectivity index (χ1v) is 18.4. The van der Waals surface area contributed by atoms with Crippen LogP contribution < -0.4 is 20.3 Å². The molecule has 0 bridgehead atoms. The van der Waals surface area contributed by atoms with Gasteiger partial charge in [0.1, 0.15) is 28.4 Å². The number of para-hydroxylation sites is 6. The van der Waals surface area contributed by atoms with Crippen LogP contribution in [0.2, 0.25) is 0 Å². The maximum Gasteiger partial charge on any atom is 0.434 e. The van der Waals surface area contributed by atoms with Crippen LogP contribution in [-0.2, 0) is 0 Å². The third-order valence-corrected chi connectivity index (χ3v) is 11.6. The normalized spacial score (nSPS) is 13.1. The van der Waals surface area contributed by atoms with Crippen LogP contribution in [0.4, 0.5) is 0 Å². The van der Waals surface area contributed by atoms with Gasteiger partial charge in [0.2, 0.25) is 0 Å². The summed E-state index contributed by atoms with van der Waals surface area (Å²) < 4.78 is 25.5. The molecule has 0 N–H and O–H groups in total. The summed E-state index contributed by atoms with van der Waals surface area (Å²) in [7, 11) is 0. The van der Waals surface area contributed by atoms with Crippen LogP contribution >= 0.6 is 0 Å². The summed E-state index contributed by atoms with van der Waals surface area (Å²) in [5.41, 5.74) is 12.5. The van der Waals surface area contributed by atoms with Crippen molar-refractivity contribution in [1.82, 2.24) is 9.13 Å². The number of rotatable bonds is 2. The smallest absolute Gasteiger partial charge is 0.434 e. The molecule has 0 radical (unpaired) electrons. The van der Waals surface area contributed by atoms with Crippen molar-refractivity contribution >= 4 is 83.4 Å². The molecule has 0 atom stereocenters. The summed E-state index contributed by atoms with van der Waals surface area (Å²) in [6, 6.07) is 57.9. The molecule has 2 aliphatic heterocycles. The van der Waals surface area contributed by atoms with Crippen molar-refractivity contribution in [1.29, 1.82) is 0 Å². The predicted octanol–water partition coefficient (Wildman–Crippen LogP) is 11.1. The minimum absolute atomic E-state index is 0.343. The largest absolute Gasteiger partial charge is 0.551 e. The Morgan fingerprint density at radius 3 is 1.96 bits per heavy atom.